The molecular formula is C10H14O2. The third-order valence-corrected chi connectivity index (χ3v) is 2.85. The summed E-state index contributed by atoms with van der Waals surface area (Å²) in [5, 5.41) is 0. The molecular weight excluding hydrogens is 152 g/mol. The summed E-state index contributed by atoms with van der Waals surface area (Å²) in [6.45, 7) is 4.48. The summed E-state index contributed by atoms with van der Waals surface area (Å²) in [5.41, 5.74) is -0.858. The molecule has 66 valence electrons. The third-order valence-electron chi connectivity index (χ3n) is 2.85. The first kappa shape index (κ1) is 9.28. The Balaban J connectivity index is 2.93. The van der Waals surface area contributed by atoms with E-state index in [2.05, 4.69) is 5.92 Å². The summed E-state index contributed by atoms with van der Waals surface area (Å²) < 4.78 is 5.47. The Labute approximate surface area is 73.3 Å². The minimum Gasteiger partial charge on any atom is -0.374 e. The molecule has 0 amide bonds. The van der Waals surface area contributed by atoms with Gasteiger partial charge in [-0.25, -0.2) is 0 Å². The number of hydrogen-bond donors (Lipinski definition) is 0. The van der Waals surface area contributed by atoms with E-state index in [1.54, 1.807) is 0 Å². The molecule has 0 saturated carbocycles. The average molecular weight is 166 g/mol. The van der Waals surface area contributed by atoms with Crippen LogP contribution in [-0.4, -0.2) is 18.5 Å². The van der Waals surface area contributed by atoms with Crippen LogP contribution in [0.2, 0.25) is 0 Å². The second-order valence-corrected chi connectivity index (χ2v) is 3.76. The molecule has 1 aliphatic heterocycles. The predicted octanol–water partition coefficient (Wildman–Crippen LogP) is 1.39. The summed E-state index contributed by atoms with van der Waals surface area (Å²) in [7, 11) is 0. The standard InChI is InChI=1S/C10H14O2/c1-4-5-10(8-11)6-7-12-9(10,2)3/h1,8H,5-7H2,2-3H3. The van der Waals surface area contributed by atoms with Crippen molar-refractivity contribution in [2.45, 2.75) is 32.3 Å². The lowest BCUT2D eigenvalue weighted by atomic mass is 9.72. The highest BCUT2D eigenvalue weighted by Crippen LogP contribution is 2.44. The van der Waals surface area contributed by atoms with Crippen LogP contribution in [0.25, 0.3) is 0 Å². The summed E-state index contributed by atoms with van der Waals surface area (Å²) in [6.07, 6.45) is 7.40. The molecule has 0 spiro atoms. The first-order chi connectivity index (χ1) is 5.58. The molecule has 1 unspecified atom stereocenters. The zero-order valence-corrected chi connectivity index (χ0v) is 7.59. The van der Waals surface area contributed by atoms with Crippen molar-refractivity contribution >= 4 is 6.29 Å². The van der Waals surface area contributed by atoms with Gasteiger partial charge in [0.2, 0.25) is 0 Å². The number of rotatable bonds is 2. The van der Waals surface area contributed by atoms with Crippen LogP contribution in [0.4, 0.5) is 0 Å². The van der Waals surface area contributed by atoms with Gasteiger partial charge in [0.05, 0.1) is 11.0 Å². The third kappa shape index (κ3) is 1.15. The monoisotopic (exact) mass is 166 g/mol. The summed E-state index contributed by atoms with van der Waals surface area (Å²) in [5.74, 6) is 2.55. The lowest BCUT2D eigenvalue weighted by Gasteiger charge is -2.33. The molecule has 1 fully saturated rings. The number of hydrogen-bond acceptors (Lipinski definition) is 2. The fourth-order valence-corrected chi connectivity index (χ4v) is 1.66. The smallest absolute Gasteiger partial charge is 0.130 e. The second kappa shape index (κ2) is 2.91. The quantitative estimate of drug-likeness (QED) is 0.458. The lowest BCUT2D eigenvalue weighted by molar-refractivity contribution is -0.124. The van der Waals surface area contributed by atoms with Crippen LogP contribution in [0.15, 0.2) is 0 Å². The van der Waals surface area contributed by atoms with Crippen LogP contribution in [0.5, 0.6) is 0 Å². The maximum Gasteiger partial charge on any atom is 0.130 e. The number of aldehydes is 1. The first-order valence-corrected chi connectivity index (χ1v) is 4.12. The molecule has 0 aliphatic carbocycles. The maximum absolute atomic E-state index is 11.0. The summed E-state index contributed by atoms with van der Waals surface area (Å²) in [6, 6.07) is 0. The van der Waals surface area contributed by atoms with Gasteiger partial charge in [-0.05, 0) is 20.3 Å². The predicted molar refractivity (Wildman–Crippen MR) is 46.6 cm³/mol. The highest BCUT2D eigenvalue weighted by molar-refractivity contribution is 5.63. The molecule has 1 saturated heterocycles. The minimum atomic E-state index is -0.457. The van der Waals surface area contributed by atoms with Gasteiger partial charge in [-0.3, -0.25) is 0 Å². The Hall–Kier alpha value is -0.810. The van der Waals surface area contributed by atoms with Gasteiger partial charge in [-0.2, -0.15) is 0 Å². The second-order valence-electron chi connectivity index (χ2n) is 3.76. The van der Waals surface area contributed by atoms with Crippen molar-refractivity contribution in [2.75, 3.05) is 6.61 Å². The lowest BCUT2D eigenvalue weighted by Crippen LogP contribution is -2.40. The zero-order chi connectivity index (χ0) is 9.24. The van der Waals surface area contributed by atoms with Gasteiger partial charge in [-0.1, -0.05) is 0 Å². The molecule has 1 atom stereocenters. The molecule has 12 heavy (non-hydrogen) atoms. The molecule has 0 aromatic carbocycles. The van der Waals surface area contributed by atoms with Crippen molar-refractivity contribution in [1.82, 2.24) is 0 Å². The zero-order valence-electron chi connectivity index (χ0n) is 7.59. The Bertz CT molecular complexity index is 224. The average Bonchev–Trinajstić information content (AvgIpc) is 2.29. The van der Waals surface area contributed by atoms with E-state index in [0.29, 0.717) is 13.0 Å². The Morgan fingerprint density at radius 3 is 2.67 bits per heavy atom. The molecule has 0 aromatic rings. The fraction of sp³-hybridized carbons (Fsp3) is 0.700. The van der Waals surface area contributed by atoms with E-state index < -0.39 is 11.0 Å². The van der Waals surface area contributed by atoms with Gasteiger partial charge < -0.3 is 9.53 Å². The SMILES string of the molecule is C#CCC1(C=O)CCOC1(C)C. The van der Waals surface area contributed by atoms with Crippen LogP contribution in [-0.2, 0) is 9.53 Å². The van der Waals surface area contributed by atoms with Crippen molar-refractivity contribution in [3.05, 3.63) is 0 Å². The molecule has 0 bridgehead atoms. The molecule has 1 aliphatic rings. The molecule has 1 rings (SSSR count). The van der Waals surface area contributed by atoms with Gasteiger partial charge >= 0.3 is 0 Å². The van der Waals surface area contributed by atoms with E-state index in [-0.39, 0.29) is 0 Å². The van der Waals surface area contributed by atoms with Gasteiger partial charge in [0.25, 0.3) is 0 Å². The van der Waals surface area contributed by atoms with Crippen LogP contribution in [0, 0.1) is 17.8 Å². The van der Waals surface area contributed by atoms with Crippen LogP contribution in [0.3, 0.4) is 0 Å². The highest BCUT2D eigenvalue weighted by atomic mass is 16.5. The highest BCUT2D eigenvalue weighted by Gasteiger charge is 2.49. The van der Waals surface area contributed by atoms with Gasteiger partial charge in [0.1, 0.15) is 6.29 Å². The molecule has 1 heterocycles. The number of carbonyl (C=O) groups excluding carboxylic acids is 1. The van der Waals surface area contributed by atoms with Gasteiger partial charge in [0.15, 0.2) is 0 Å². The van der Waals surface area contributed by atoms with Crippen molar-refractivity contribution < 1.29 is 9.53 Å². The maximum atomic E-state index is 11.0. The van der Waals surface area contributed by atoms with Crippen molar-refractivity contribution in [2.24, 2.45) is 5.41 Å². The van der Waals surface area contributed by atoms with Crippen molar-refractivity contribution in [3.63, 3.8) is 0 Å². The van der Waals surface area contributed by atoms with Crippen molar-refractivity contribution in [1.29, 1.82) is 0 Å². The topological polar surface area (TPSA) is 26.3 Å². The molecule has 2 heteroatoms. The van der Waals surface area contributed by atoms with Gasteiger partial charge in [0, 0.05) is 13.0 Å². The van der Waals surface area contributed by atoms with Crippen LogP contribution in [0.1, 0.15) is 26.7 Å². The van der Waals surface area contributed by atoms with E-state index in [0.717, 1.165) is 12.7 Å². The minimum absolute atomic E-state index is 0.402. The van der Waals surface area contributed by atoms with Gasteiger partial charge in [-0.15, -0.1) is 12.3 Å². The van der Waals surface area contributed by atoms with E-state index in [1.165, 1.54) is 0 Å². The van der Waals surface area contributed by atoms with E-state index in [9.17, 15) is 4.79 Å². The number of terminal acetylenes is 1. The Morgan fingerprint density at radius 2 is 2.33 bits per heavy atom. The fourth-order valence-electron chi connectivity index (χ4n) is 1.66. The summed E-state index contributed by atoms with van der Waals surface area (Å²) in [4.78, 5) is 11.0. The number of carbonyl (C=O) groups is 1. The Kier molecular flexibility index (Phi) is 2.25. The number of ether oxygens (including phenoxy) is 1. The van der Waals surface area contributed by atoms with E-state index >= 15 is 0 Å². The van der Waals surface area contributed by atoms with Crippen molar-refractivity contribution in [3.8, 4) is 12.3 Å². The summed E-state index contributed by atoms with van der Waals surface area (Å²) >= 11 is 0. The molecule has 0 radical (unpaired) electrons. The Morgan fingerprint density at radius 1 is 1.67 bits per heavy atom. The first-order valence-electron chi connectivity index (χ1n) is 4.12. The van der Waals surface area contributed by atoms with E-state index in [4.69, 9.17) is 11.2 Å². The molecule has 0 N–H and O–H groups in total. The van der Waals surface area contributed by atoms with E-state index in [1.807, 2.05) is 13.8 Å². The largest absolute Gasteiger partial charge is 0.374 e. The normalized spacial score (nSPS) is 32.8. The molecule has 2 nitrogen and oxygen atoms in total. The molecule has 0 aromatic heterocycles. The van der Waals surface area contributed by atoms with Crippen LogP contribution < -0.4 is 0 Å². The van der Waals surface area contributed by atoms with Crippen LogP contribution >= 0.6 is 0 Å².